The Labute approximate surface area is 152 Å². The summed E-state index contributed by atoms with van der Waals surface area (Å²) in [5.74, 6) is 2.14. The van der Waals surface area contributed by atoms with Gasteiger partial charge in [-0.25, -0.2) is 9.37 Å². The number of aromatic amines is 1. The third-order valence-electron chi connectivity index (χ3n) is 4.57. The number of nitrogens with one attached hydrogen (secondary N) is 2. The summed E-state index contributed by atoms with van der Waals surface area (Å²) < 4.78 is 19.2. The summed E-state index contributed by atoms with van der Waals surface area (Å²) in [6.07, 6.45) is 3.54. The highest BCUT2D eigenvalue weighted by atomic mass is 19.1. The smallest absolute Gasteiger partial charge is 0.193 e. The van der Waals surface area contributed by atoms with Crippen LogP contribution >= 0.6 is 0 Å². The first-order valence-electron chi connectivity index (χ1n) is 8.93. The minimum absolute atomic E-state index is 0.287. The molecular weight excluding hydrogens is 335 g/mol. The van der Waals surface area contributed by atoms with Gasteiger partial charge in [-0.2, -0.15) is 5.10 Å². The van der Waals surface area contributed by atoms with E-state index in [1.165, 1.54) is 6.07 Å². The molecule has 1 fully saturated rings. The number of guanidine groups is 1. The Kier molecular flexibility index (Phi) is 6.04. The van der Waals surface area contributed by atoms with E-state index in [9.17, 15) is 4.39 Å². The highest BCUT2D eigenvalue weighted by Crippen LogP contribution is 2.25. The minimum Gasteiger partial charge on any atom is -0.491 e. The van der Waals surface area contributed by atoms with E-state index < -0.39 is 0 Å². The molecule has 1 aliphatic rings. The van der Waals surface area contributed by atoms with E-state index in [2.05, 4.69) is 30.4 Å². The second kappa shape index (κ2) is 8.64. The van der Waals surface area contributed by atoms with Gasteiger partial charge in [0, 0.05) is 32.6 Å². The maximum atomic E-state index is 14.0. The van der Waals surface area contributed by atoms with Crippen molar-refractivity contribution in [3.8, 4) is 5.75 Å². The predicted octanol–water partition coefficient (Wildman–Crippen LogP) is 2.30. The number of benzene rings is 1. The van der Waals surface area contributed by atoms with Crippen LogP contribution in [0.5, 0.6) is 5.75 Å². The average Bonchev–Trinajstić information content (AvgIpc) is 3.20. The molecule has 8 heteroatoms. The van der Waals surface area contributed by atoms with Crippen LogP contribution in [-0.2, 0) is 6.54 Å². The standard InChI is InChI=1S/C18H25FN6O/c1-3-26-16-5-4-13(10-15(16)19)11-21-18(20-2)25-8-6-14(7-9-25)17-22-12-23-24-17/h4-5,10,12,14H,3,6-9,11H2,1-2H3,(H,20,21)(H,22,23,24). The molecule has 0 atom stereocenters. The summed E-state index contributed by atoms with van der Waals surface area (Å²) in [7, 11) is 1.77. The second-order valence-corrected chi connectivity index (χ2v) is 6.23. The Morgan fingerprint density at radius 3 is 2.85 bits per heavy atom. The van der Waals surface area contributed by atoms with E-state index in [1.807, 2.05) is 13.0 Å². The molecule has 0 saturated carbocycles. The zero-order valence-corrected chi connectivity index (χ0v) is 15.2. The fraction of sp³-hybridized carbons (Fsp3) is 0.500. The number of aromatic nitrogens is 3. The molecule has 1 aromatic heterocycles. The molecule has 2 N–H and O–H groups in total. The number of likely N-dealkylation sites (tertiary alicyclic amines) is 1. The van der Waals surface area contributed by atoms with Crippen LogP contribution in [0.4, 0.5) is 4.39 Å². The van der Waals surface area contributed by atoms with Gasteiger partial charge in [-0.15, -0.1) is 0 Å². The molecule has 1 aromatic carbocycles. The van der Waals surface area contributed by atoms with Crippen molar-refractivity contribution in [3.05, 3.63) is 41.7 Å². The van der Waals surface area contributed by atoms with Crippen molar-refractivity contribution in [3.63, 3.8) is 0 Å². The molecule has 0 spiro atoms. The van der Waals surface area contributed by atoms with E-state index in [4.69, 9.17) is 4.74 Å². The van der Waals surface area contributed by atoms with Gasteiger partial charge in [0.1, 0.15) is 12.2 Å². The van der Waals surface area contributed by atoms with Crippen LogP contribution in [0.25, 0.3) is 0 Å². The number of ether oxygens (including phenoxy) is 1. The van der Waals surface area contributed by atoms with Crippen LogP contribution < -0.4 is 10.1 Å². The molecule has 7 nitrogen and oxygen atoms in total. The first-order valence-corrected chi connectivity index (χ1v) is 8.93. The second-order valence-electron chi connectivity index (χ2n) is 6.23. The quantitative estimate of drug-likeness (QED) is 0.632. The molecule has 0 unspecified atom stereocenters. The summed E-state index contributed by atoms with van der Waals surface area (Å²) in [6, 6.07) is 5.04. The van der Waals surface area contributed by atoms with E-state index in [0.29, 0.717) is 19.1 Å². The molecule has 26 heavy (non-hydrogen) atoms. The van der Waals surface area contributed by atoms with Gasteiger partial charge in [0.2, 0.25) is 0 Å². The minimum atomic E-state index is -0.339. The van der Waals surface area contributed by atoms with Crippen LogP contribution in [0, 0.1) is 5.82 Å². The van der Waals surface area contributed by atoms with Crippen molar-refractivity contribution >= 4 is 5.96 Å². The Morgan fingerprint density at radius 1 is 1.42 bits per heavy atom. The van der Waals surface area contributed by atoms with Gasteiger partial charge in [0.25, 0.3) is 0 Å². The third-order valence-corrected chi connectivity index (χ3v) is 4.57. The number of H-pyrrole nitrogens is 1. The number of piperidine rings is 1. The van der Waals surface area contributed by atoms with E-state index >= 15 is 0 Å². The Bertz CT molecular complexity index is 725. The first-order chi connectivity index (χ1) is 12.7. The van der Waals surface area contributed by atoms with Gasteiger partial charge in [-0.3, -0.25) is 10.1 Å². The molecule has 0 aliphatic carbocycles. The van der Waals surface area contributed by atoms with Crippen LogP contribution in [0.3, 0.4) is 0 Å². The van der Waals surface area contributed by atoms with Crippen molar-refractivity contribution in [2.24, 2.45) is 4.99 Å². The Balaban J connectivity index is 1.53. The molecule has 2 aromatic rings. The predicted molar refractivity (Wildman–Crippen MR) is 97.7 cm³/mol. The molecule has 0 radical (unpaired) electrons. The number of halogens is 1. The lowest BCUT2D eigenvalue weighted by molar-refractivity contribution is 0.298. The molecule has 0 bridgehead atoms. The Hall–Kier alpha value is -2.64. The summed E-state index contributed by atoms with van der Waals surface area (Å²) >= 11 is 0. The summed E-state index contributed by atoms with van der Waals surface area (Å²) in [5, 5.41) is 10.2. The van der Waals surface area contributed by atoms with E-state index in [1.54, 1.807) is 19.4 Å². The van der Waals surface area contributed by atoms with Gasteiger partial charge in [0.15, 0.2) is 17.5 Å². The van der Waals surface area contributed by atoms with Crippen LogP contribution in [-0.4, -0.2) is 52.8 Å². The zero-order valence-electron chi connectivity index (χ0n) is 15.2. The number of aliphatic imine (C=N–C) groups is 1. The monoisotopic (exact) mass is 360 g/mol. The highest BCUT2D eigenvalue weighted by Gasteiger charge is 2.24. The van der Waals surface area contributed by atoms with Gasteiger partial charge >= 0.3 is 0 Å². The number of nitrogens with zero attached hydrogens (tertiary/aromatic N) is 4. The van der Waals surface area contributed by atoms with Gasteiger partial charge in [0.05, 0.1) is 6.61 Å². The van der Waals surface area contributed by atoms with Crippen LogP contribution in [0.2, 0.25) is 0 Å². The first kappa shape index (κ1) is 18.2. The maximum absolute atomic E-state index is 14.0. The summed E-state index contributed by atoms with van der Waals surface area (Å²) in [6.45, 7) is 4.58. The van der Waals surface area contributed by atoms with Gasteiger partial charge < -0.3 is 15.0 Å². The number of hydrogen-bond acceptors (Lipinski definition) is 4. The zero-order chi connectivity index (χ0) is 18.4. The Morgan fingerprint density at radius 2 is 2.23 bits per heavy atom. The average molecular weight is 360 g/mol. The van der Waals surface area contributed by atoms with Crippen molar-refractivity contribution in [2.75, 3.05) is 26.7 Å². The molecular formula is C18H25FN6O. The van der Waals surface area contributed by atoms with Crippen molar-refractivity contribution in [1.29, 1.82) is 0 Å². The normalized spacial score (nSPS) is 16.0. The third kappa shape index (κ3) is 4.30. The number of hydrogen-bond donors (Lipinski definition) is 2. The molecule has 0 amide bonds. The number of rotatable bonds is 5. The van der Waals surface area contributed by atoms with Gasteiger partial charge in [-0.1, -0.05) is 6.07 Å². The maximum Gasteiger partial charge on any atom is 0.193 e. The van der Waals surface area contributed by atoms with Gasteiger partial charge in [-0.05, 0) is 37.5 Å². The summed E-state index contributed by atoms with van der Waals surface area (Å²) in [4.78, 5) is 10.8. The summed E-state index contributed by atoms with van der Waals surface area (Å²) in [5.41, 5.74) is 0.851. The molecule has 1 aliphatic heterocycles. The van der Waals surface area contributed by atoms with Crippen molar-refractivity contribution in [1.82, 2.24) is 25.4 Å². The fourth-order valence-corrected chi connectivity index (χ4v) is 3.22. The SMILES string of the molecule is CCOc1ccc(CNC(=NC)N2CCC(c3ncn[nH]3)CC2)cc1F. The highest BCUT2D eigenvalue weighted by molar-refractivity contribution is 5.80. The lowest BCUT2D eigenvalue weighted by Gasteiger charge is -2.33. The topological polar surface area (TPSA) is 78.4 Å². The molecule has 140 valence electrons. The lowest BCUT2D eigenvalue weighted by Crippen LogP contribution is -2.45. The van der Waals surface area contributed by atoms with Crippen LogP contribution in [0.1, 0.15) is 37.1 Å². The van der Waals surface area contributed by atoms with Crippen molar-refractivity contribution in [2.45, 2.75) is 32.2 Å². The van der Waals surface area contributed by atoms with E-state index in [-0.39, 0.29) is 11.6 Å². The van der Waals surface area contributed by atoms with Crippen molar-refractivity contribution < 1.29 is 9.13 Å². The molecule has 1 saturated heterocycles. The largest absolute Gasteiger partial charge is 0.491 e. The molecule has 3 rings (SSSR count). The van der Waals surface area contributed by atoms with Crippen LogP contribution in [0.15, 0.2) is 29.5 Å². The van der Waals surface area contributed by atoms with E-state index in [0.717, 1.165) is 43.3 Å². The molecule has 2 heterocycles. The fourth-order valence-electron chi connectivity index (χ4n) is 3.22. The lowest BCUT2D eigenvalue weighted by atomic mass is 9.96.